The third-order valence-electron chi connectivity index (χ3n) is 4.58. The highest BCUT2D eigenvalue weighted by Crippen LogP contribution is 2.46. The third-order valence-corrected chi connectivity index (χ3v) is 4.58. The van der Waals surface area contributed by atoms with E-state index in [0.717, 1.165) is 18.4 Å². The average molecular weight is 312 g/mol. The lowest BCUT2D eigenvalue weighted by Gasteiger charge is -2.26. The molecule has 2 heterocycles. The maximum Gasteiger partial charge on any atom is 0.338 e. The number of cyclic esters (lactones) is 1. The van der Waals surface area contributed by atoms with Crippen LogP contribution < -0.4 is 0 Å². The number of ether oxygens (including phenoxy) is 3. The van der Waals surface area contributed by atoms with Crippen LogP contribution in [0.15, 0.2) is 47.7 Å². The second-order valence-electron chi connectivity index (χ2n) is 6.00. The normalized spacial score (nSPS) is 30.4. The number of esters is 2. The third kappa shape index (κ3) is 2.32. The number of carbonyl (C=O) groups excluding carboxylic acids is 2. The van der Waals surface area contributed by atoms with Gasteiger partial charge < -0.3 is 14.2 Å². The minimum absolute atomic E-state index is 0.0143. The molecule has 1 aromatic carbocycles. The highest BCUT2D eigenvalue weighted by molar-refractivity contribution is 5.92. The van der Waals surface area contributed by atoms with Gasteiger partial charge in [0.1, 0.15) is 6.10 Å². The molecule has 2 aliphatic heterocycles. The van der Waals surface area contributed by atoms with Gasteiger partial charge in [0, 0.05) is 17.6 Å². The minimum atomic E-state index is -0.766. The van der Waals surface area contributed by atoms with Gasteiger partial charge in [0.25, 0.3) is 6.29 Å². The maximum absolute atomic E-state index is 12.2. The maximum atomic E-state index is 12.2. The highest BCUT2D eigenvalue weighted by Gasteiger charge is 2.44. The van der Waals surface area contributed by atoms with E-state index in [1.165, 1.54) is 11.8 Å². The van der Waals surface area contributed by atoms with E-state index in [2.05, 4.69) is 6.07 Å². The van der Waals surface area contributed by atoms with Crippen molar-refractivity contribution in [1.82, 2.24) is 0 Å². The Labute approximate surface area is 133 Å². The first kappa shape index (κ1) is 14.1. The Balaban J connectivity index is 1.56. The van der Waals surface area contributed by atoms with E-state index in [4.69, 9.17) is 14.2 Å². The average Bonchev–Trinajstić information content (AvgIpc) is 3.04. The number of hydrogen-bond donors (Lipinski definition) is 0. The van der Waals surface area contributed by atoms with E-state index in [1.807, 2.05) is 18.2 Å². The fourth-order valence-electron chi connectivity index (χ4n) is 3.37. The van der Waals surface area contributed by atoms with Crippen LogP contribution in [0.3, 0.4) is 0 Å². The number of aryl methyl sites for hydroxylation is 1. The molecule has 5 heteroatoms. The van der Waals surface area contributed by atoms with Crippen LogP contribution >= 0.6 is 0 Å². The van der Waals surface area contributed by atoms with Crippen LogP contribution in [-0.4, -0.2) is 18.2 Å². The van der Waals surface area contributed by atoms with Crippen molar-refractivity contribution in [3.05, 3.63) is 58.9 Å². The molecule has 1 fully saturated rings. The van der Waals surface area contributed by atoms with Gasteiger partial charge in [0.05, 0.1) is 11.8 Å². The minimum Gasteiger partial charge on any atom is -0.458 e. The van der Waals surface area contributed by atoms with E-state index >= 15 is 0 Å². The molecule has 0 radical (unpaired) electrons. The van der Waals surface area contributed by atoms with E-state index in [-0.39, 0.29) is 18.0 Å². The van der Waals surface area contributed by atoms with E-state index < -0.39 is 12.3 Å². The van der Waals surface area contributed by atoms with Gasteiger partial charge in [-0.2, -0.15) is 0 Å². The first-order chi connectivity index (χ1) is 11.1. The van der Waals surface area contributed by atoms with Crippen LogP contribution in [0, 0.1) is 5.92 Å². The Bertz CT molecular complexity index is 746. The number of fused-ring (bicyclic) bond motifs is 3. The van der Waals surface area contributed by atoms with Gasteiger partial charge in [-0.1, -0.05) is 24.3 Å². The number of carbonyl (C=O) groups is 2. The topological polar surface area (TPSA) is 61.8 Å². The first-order valence-corrected chi connectivity index (χ1v) is 7.67. The van der Waals surface area contributed by atoms with E-state index in [1.54, 1.807) is 13.0 Å². The smallest absolute Gasteiger partial charge is 0.338 e. The van der Waals surface area contributed by atoms with Crippen LogP contribution in [0.25, 0.3) is 0 Å². The van der Waals surface area contributed by atoms with Crippen molar-refractivity contribution in [3.63, 3.8) is 0 Å². The van der Waals surface area contributed by atoms with Crippen molar-refractivity contribution in [2.45, 2.75) is 32.2 Å². The van der Waals surface area contributed by atoms with Gasteiger partial charge in [-0.25, -0.2) is 9.59 Å². The standard InChI is InChI=1S/C18H16O5/c1-10-8-15(22-17(10)19)21-9-14-13-7-6-11-4-2-3-5-12(11)16(13)23-18(14)20/h2-5,8-9,13,15-16H,6-7H2,1H3/b14-9+/t13?,15-,16?/m0/s1. The van der Waals surface area contributed by atoms with Crippen molar-refractivity contribution in [2.24, 2.45) is 5.92 Å². The summed E-state index contributed by atoms with van der Waals surface area (Å²) in [6, 6.07) is 8.04. The molecule has 1 aliphatic carbocycles. The zero-order valence-electron chi connectivity index (χ0n) is 12.7. The van der Waals surface area contributed by atoms with Gasteiger partial charge in [0.15, 0.2) is 0 Å². The molecule has 4 rings (SSSR count). The quantitative estimate of drug-likeness (QED) is 0.477. The molecule has 0 spiro atoms. The number of rotatable bonds is 2. The first-order valence-electron chi connectivity index (χ1n) is 7.67. The van der Waals surface area contributed by atoms with Crippen molar-refractivity contribution >= 4 is 11.9 Å². The Hall–Kier alpha value is -2.56. The largest absolute Gasteiger partial charge is 0.458 e. The lowest BCUT2D eigenvalue weighted by Crippen LogP contribution is -2.18. The Kier molecular flexibility index (Phi) is 3.22. The number of benzene rings is 1. The molecule has 0 N–H and O–H groups in total. The summed E-state index contributed by atoms with van der Waals surface area (Å²) in [4.78, 5) is 23.5. The molecule has 118 valence electrons. The molecule has 5 nitrogen and oxygen atoms in total. The van der Waals surface area contributed by atoms with E-state index in [0.29, 0.717) is 11.1 Å². The van der Waals surface area contributed by atoms with Crippen LogP contribution in [-0.2, 0) is 30.2 Å². The second kappa shape index (κ2) is 5.26. The SMILES string of the molecule is CC1=C[C@@H](O/C=C2/C(=O)OC3c4ccccc4CCC23)OC1=O. The van der Waals surface area contributed by atoms with Crippen molar-refractivity contribution in [2.75, 3.05) is 0 Å². The van der Waals surface area contributed by atoms with Crippen molar-refractivity contribution in [1.29, 1.82) is 0 Å². The molecule has 0 amide bonds. The van der Waals surface area contributed by atoms with Crippen molar-refractivity contribution < 1.29 is 23.8 Å². The summed E-state index contributed by atoms with van der Waals surface area (Å²) in [6.45, 7) is 1.66. The molecule has 3 aliphatic rings. The highest BCUT2D eigenvalue weighted by atomic mass is 16.7. The Morgan fingerprint density at radius 3 is 2.78 bits per heavy atom. The molecule has 0 aromatic heterocycles. The Morgan fingerprint density at radius 1 is 1.17 bits per heavy atom. The fraction of sp³-hybridized carbons (Fsp3) is 0.333. The number of hydrogen-bond acceptors (Lipinski definition) is 5. The van der Waals surface area contributed by atoms with Gasteiger partial charge in [-0.05, 0) is 30.9 Å². The van der Waals surface area contributed by atoms with Crippen LogP contribution in [0.2, 0.25) is 0 Å². The summed E-state index contributed by atoms with van der Waals surface area (Å²) in [5.41, 5.74) is 3.32. The summed E-state index contributed by atoms with van der Waals surface area (Å²) < 4.78 is 16.0. The molecule has 1 saturated heterocycles. The van der Waals surface area contributed by atoms with Crippen LogP contribution in [0.1, 0.15) is 30.6 Å². The molecule has 0 bridgehead atoms. The molecule has 0 saturated carbocycles. The van der Waals surface area contributed by atoms with Gasteiger partial charge in [-0.15, -0.1) is 0 Å². The van der Waals surface area contributed by atoms with Crippen molar-refractivity contribution in [3.8, 4) is 0 Å². The lowest BCUT2D eigenvalue weighted by atomic mass is 9.79. The summed E-state index contributed by atoms with van der Waals surface area (Å²) in [6.07, 6.45) is 3.72. The van der Waals surface area contributed by atoms with Crippen LogP contribution in [0.5, 0.6) is 0 Å². The fourth-order valence-corrected chi connectivity index (χ4v) is 3.37. The summed E-state index contributed by atoms with van der Waals surface area (Å²) >= 11 is 0. The molecule has 1 aromatic rings. The summed E-state index contributed by atoms with van der Waals surface area (Å²) in [5, 5.41) is 0. The van der Waals surface area contributed by atoms with Crippen LogP contribution in [0.4, 0.5) is 0 Å². The zero-order chi connectivity index (χ0) is 16.0. The summed E-state index contributed by atoms with van der Waals surface area (Å²) in [5.74, 6) is -0.770. The molecular formula is C18H16O5. The monoisotopic (exact) mass is 312 g/mol. The predicted octanol–water partition coefficient (Wildman–Crippen LogP) is 2.58. The zero-order valence-corrected chi connectivity index (χ0v) is 12.7. The van der Waals surface area contributed by atoms with Gasteiger partial charge in [0.2, 0.25) is 0 Å². The second-order valence-corrected chi connectivity index (χ2v) is 6.00. The molecular weight excluding hydrogens is 296 g/mol. The lowest BCUT2D eigenvalue weighted by molar-refractivity contribution is -0.152. The molecule has 3 atom stereocenters. The molecule has 2 unspecified atom stereocenters. The predicted molar refractivity (Wildman–Crippen MR) is 79.9 cm³/mol. The Morgan fingerprint density at radius 2 is 2.00 bits per heavy atom. The van der Waals surface area contributed by atoms with E-state index in [9.17, 15) is 9.59 Å². The van der Waals surface area contributed by atoms with Gasteiger partial charge >= 0.3 is 11.9 Å². The molecule has 23 heavy (non-hydrogen) atoms. The van der Waals surface area contributed by atoms with Gasteiger partial charge in [-0.3, -0.25) is 0 Å². The summed E-state index contributed by atoms with van der Waals surface area (Å²) in [7, 11) is 0.